The molecule has 0 aromatic carbocycles. The molecule has 0 saturated carbocycles. The summed E-state index contributed by atoms with van der Waals surface area (Å²) in [5, 5.41) is 23.9. The number of aliphatic hydroxyl groups is 2. The normalized spacial score (nSPS) is 32.1. The molecule has 6 heteroatoms. The van der Waals surface area contributed by atoms with Gasteiger partial charge in [0, 0.05) is 0 Å². The second-order valence-electron chi connectivity index (χ2n) is 4.49. The second-order valence-corrected chi connectivity index (χ2v) is 4.49. The molecular weight excluding hydrogens is 224 g/mol. The molecule has 1 heterocycles. The first-order chi connectivity index (χ1) is 7.99. The Kier molecular flexibility index (Phi) is 4.89. The minimum atomic E-state index is -0.929. The van der Waals surface area contributed by atoms with Crippen molar-refractivity contribution < 1.29 is 19.8 Å². The summed E-state index contributed by atoms with van der Waals surface area (Å²) >= 11 is 0. The van der Waals surface area contributed by atoms with Crippen molar-refractivity contribution in [2.75, 3.05) is 6.61 Å². The Bertz CT molecular complexity index is 295. The third kappa shape index (κ3) is 3.41. The number of hydrogen-bond donors (Lipinski definition) is 4. The van der Waals surface area contributed by atoms with E-state index in [0.29, 0.717) is 0 Å². The smallest absolute Gasteiger partial charge is 0.245 e. The van der Waals surface area contributed by atoms with Crippen LogP contribution in [-0.4, -0.2) is 46.8 Å². The fraction of sp³-hybridized carbons (Fsp3) is 0.818. The molecule has 0 spiro atoms. The van der Waals surface area contributed by atoms with Crippen LogP contribution in [0.2, 0.25) is 0 Å². The highest BCUT2D eigenvalue weighted by Gasteiger charge is 2.33. The van der Waals surface area contributed by atoms with E-state index in [9.17, 15) is 14.7 Å². The van der Waals surface area contributed by atoms with E-state index in [4.69, 9.17) is 5.11 Å². The molecule has 0 aromatic heterocycles. The molecule has 98 valence electrons. The number of nitrogens with one attached hydrogen (secondary N) is 2. The van der Waals surface area contributed by atoms with Crippen molar-refractivity contribution >= 4 is 11.8 Å². The topological polar surface area (TPSA) is 98.7 Å². The van der Waals surface area contributed by atoms with Gasteiger partial charge < -0.3 is 20.8 Å². The average Bonchev–Trinajstić information content (AvgIpc) is 2.30. The molecule has 2 amide bonds. The lowest BCUT2D eigenvalue weighted by Gasteiger charge is -2.32. The SMILES string of the molecule is CCC(C)C1NC(=O)C(CO)NC(=O)CC1O. The van der Waals surface area contributed by atoms with E-state index in [1.165, 1.54) is 0 Å². The van der Waals surface area contributed by atoms with Crippen LogP contribution >= 0.6 is 0 Å². The van der Waals surface area contributed by atoms with E-state index in [1.807, 2.05) is 13.8 Å². The number of carbonyl (C=O) groups is 2. The average molecular weight is 244 g/mol. The van der Waals surface area contributed by atoms with Crippen LogP contribution in [0.25, 0.3) is 0 Å². The van der Waals surface area contributed by atoms with E-state index < -0.39 is 36.6 Å². The zero-order valence-corrected chi connectivity index (χ0v) is 10.1. The molecule has 6 nitrogen and oxygen atoms in total. The van der Waals surface area contributed by atoms with Crippen LogP contribution in [0.4, 0.5) is 0 Å². The van der Waals surface area contributed by atoms with Crippen molar-refractivity contribution in [2.45, 2.75) is 44.9 Å². The molecule has 1 aliphatic heterocycles. The highest BCUT2D eigenvalue weighted by atomic mass is 16.3. The summed E-state index contributed by atoms with van der Waals surface area (Å²) in [6, 6.07) is -1.38. The van der Waals surface area contributed by atoms with E-state index >= 15 is 0 Å². The van der Waals surface area contributed by atoms with E-state index in [1.54, 1.807) is 0 Å². The molecule has 1 rings (SSSR count). The molecule has 4 N–H and O–H groups in total. The Morgan fingerprint density at radius 3 is 2.59 bits per heavy atom. The highest BCUT2D eigenvalue weighted by Crippen LogP contribution is 2.15. The summed E-state index contributed by atoms with van der Waals surface area (Å²) in [6.07, 6.45) is -0.173. The fourth-order valence-corrected chi connectivity index (χ4v) is 1.90. The third-order valence-corrected chi connectivity index (χ3v) is 3.21. The molecule has 1 aliphatic rings. The fourth-order valence-electron chi connectivity index (χ4n) is 1.90. The Hall–Kier alpha value is -1.14. The van der Waals surface area contributed by atoms with Gasteiger partial charge in [0.25, 0.3) is 0 Å². The van der Waals surface area contributed by atoms with Gasteiger partial charge in [-0.1, -0.05) is 20.3 Å². The molecule has 4 unspecified atom stereocenters. The monoisotopic (exact) mass is 244 g/mol. The van der Waals surface area contributed by atoms with Gasteiger partial charge in [-0.05, 0) is 5.92 Å². The predicted octanol–water partition coefficient (Wildman–Crippen LogP) is -1.24. The number of carbonyl (C=O) groups excluding carboxylic acids is 2. The number of amides is 2. The van der Waals surface area contributed by atoms with Crippen LogP contribution in [0.3, 0.4) is 0 Å². The van der Waals surface area contributed by atoms with Crippen molar-refractivity contribution in [3.05, 3.63) is 0 Å². The van der Waals surface area contributed by atoms with Crippen molar-refractivity contribution in [1.29, 1.82) is 0 Å². The van der Waals surface area contributed by atoms with E-state index in [0.717, 1.165) is 6.42 Å². The maximum Gasteiger partial charge on any atom is 0.245 e. The maximum absolute atomic E-state index is 11.7. The Morgan fingerprint density at radius 1 is 1.41 bits per heavy atom. The van der Waals surface area contributed by atoms with Crippen LogP contribution < -0.4 is 10.6 Å². The van der Waals surface area contributed by atoms with Gasteiger partial charge in [0.1, 0.15) is 6.04 Å². The summed E-state index contributed by atoms with van der Waals surface area (Å²) in [5.41, 5.74) is 0. The van der Waals surface area contributed by atoms with Gasteiger partial charge in [0.15, 0.2) is 0 Å². The Morgan fingerprint density at radius 2 is 2.06 bits per heavy atom. The van der Waals surface area contributed by atoms with E-state index in [-0.39, 0.29) is 12.3 Å². The maximum atomic E-state index is 11.7. The zero-order valence-electron chi connectivity index (χ0n) is 10.1. The lowest BCUT2D eigenvalue weighted by atomic mass is 9.91. The van der Waals surface area contributed by atoms with Crippen LogP contribution in [0.5, 0.6) is 0 Å². The van der Waals surface area contributed by atoms with Gasteiger partial charge in [0.2, 0.25) is 11.8 Å². The lowest BCUT2D eigenvalue weighted by Crippen LogP contribution is -2.59. The zero-order chi connectivity index (χ0) is 13.0. The summed E-state index contributed by atoms with van der Waals surface area (Å²) in [4.78, 5) is 23.2. The minimum Gasteiger partial charge on any atom is -0.394 e. The summed E-state index contributed by atoms with van der Waals surface area (Å²) in [7, 11) is 0. The van der Waals surface area contributed by atoms with Crippen molar-refractivity contribution in [1.82, 2.24) is 10.6 Å². The molecule has 0 aromatic rings. The largest absolute Gasteiger partial charge is 0.394 e. The first-order valence-electron chi connectivity index (χ1n) is 5.88. The first-order valence-corrected chi connectivity index (χ1v) is 5.88. The molecule has 1 fully saturated rings. The third-order valence-electron chi connectivity index (χ3n) is 3.21. The number of aliphatic hydroxyl groups excluding tert-OH is 2. The van der Waals surface area contributed by atoms with Crippen LogP contribution in [0.15, 0.2) is 0 Å². The molecule has 4 atom stereocenters. The number of hydrogen-bond acceptors (Lipinski definition) is 4. The van der Waals surface area contributed by atoms with Gasteiger partial charge >= 0.3 is 0 Å². The van der Waals surface area contributed by atoms with Gasteiger partial charge in [-0.25, -0.2) is 0 Å². The molecule has 0 aliphatic carbocycles. The van der Waals surface area contributed by atoms with Crippen molar-refractivity contribution in [3.63, 3.8) is 0 Å². The molecule has 0 bridgehead atoms. The van der Waals surface area contributed by atoms with Gasteiger partial charge in [-0.15, -0.1) is 0 Å². The summed E-state index contributed by atoms with van der Waals surface area (Å²) in [5.74, 6) is -0.802. The predicted molar refractivity (Wildman–Crippen MR) is 61.0 cm³/mol. The molecular formula is C11H20N2O4. The van der Waals surface area contributed by atoms with Crippen LogP contribution in [-0.2, 0) is 9.59 Å². The lowest BCUT2D eigenvalue weighted by molar-refractivity contribution is -0.135. The van der Waals surface area contributed by atoms with Gasteiger partial charge in [0.05, 0.1) is 25.2 Å². The molecule has 0 radical (unpaired) electrons. The quantitative estimate of drug-likeness (QED) is 0.499. The first kappa shape index (κ1) is 13.9. The van der Waals surface area contributed by atoms with Gasteiger partial charge in [-0.2, -0.15) is 0 Å². The Balaban J connectivity index is 2.84. The summed E-state index contributed by atoms with van der Waals surface area (Å²) in [6.45, 7) is 3.41. The molecule has 17 heavy (non-hydrogen) atoms. The van der Waals surface area contributed by atoms with Crippen molar-refractivity contribution in [3.8, 4) is 0 Å². The highest BCUT2D eigenvalue weighted by molar-refractivity contribution is 5.89. The van der Waals surface area contributed by atoms with E-state index in [2.05, 4.69) is 10.6 Å². The minimum absolute atomic E-state index is 0.0637. The van der Waals surface area contributed by atoms with Crippen molar-refractivity contribution in [2.24, 2.45) is 5.92 Å². The van der Waals surface area contributed by atoms with Gasteiger partial charge in [-0.3, -0.25) is 9.59 Å². The number of rotatable bonds is 3. The van der Waals surface area contributed by atoms with Crippen LogP contribution in [0.1, 0.15) is 26.7 Å². The standard InChI is InChI=1S/C11H20N2O4/c1-3-6(2)10-8(15)4-9(16)12-7(5-14)11(17)13-10/h6-8,10,14-15H,3-5H2,1-2H3,(H,12,16)(H,13,17). The molecule has 1 saturated heterocycles. The summed E-state index contributed by atoms with van der Waals surface area (Å²) < 4.78 is 0. The van der Waals surface area contributed by atoms with Crippen LogP contribution in [0, 0.1) is 5.92 Å². The Labute approximate surface area is 100 Å². The second kappa shape index (κ2) is 5.97.